The summed E-state index contributed by atoms with van der Waals surface area (Å²) >= 11 is 2.28. The van der Waals surface area contributed by atoms with Gasteiger partial charge in [0.05, 0.1) is 0 Å². The molecule has 2 saturated carbocycles. The maximum absolute atomic E-state index is 10.7. The van der Waals surface area contributed by atoms with Crippen molar-refractivity contribution >= 4 is 28.6 Å². The average molecular weight is 265 g/mol. The Bertz CT molecular complexity index is 191. The van der Waals surface area contributed by atoms with Crippen LogP contribution < -0.4 is 5.11 Å². The van der Waals surface area contributed by atoms with Gasteiger partial charge in [-0.1, -0.05) is 22.6 Å². The zero-order valence-electron chi connectivity index (χ0n) is 6.13. The second-order valence-corrected chi connectivity index (χ2v) is 5.06. The van der Waals surface area contributed by atoms with Crippen molar-refractivity contribution in [3.63, 3.8) is 0 Å². The molecule has 0 heterocycles. The average Bonchev–Trinajstić information content (AvgIpc) is 2.44. The lowest BCUT2D eigenvalue weighted by atomic mass is 9.89. The SMILES string of the molecule is O=C([O-])C1C2CCC(C2)C1I. The van der Waals surface area contributed by atoms with Crippen LogP contribution in [0.4, 0.5) is 0 Å². The van der Waals surface area contributed by atoms with Gasteiger partial charge in [-0.2, -0.15) is 0 Å². The van der Waals surface area contributed by atoms with Gasteiger partial charge in [0.1, 0.15) is 0 Å². The van der Waals surface area contributed by atoms with Crippen molar-refractivity contribution in [2.45, 2.75) is 23.2 Å². The van der Waals surface area contributed by atoms with Crippen LogP contribution in [0.5, 0.6) is 0 Å². The van der Waals surface area contributed by atoms with Crippen molar-refractivity contribution < 1.29 is 9.90 Å². The highest BCUT2D eigenvalue weighted by Gasteiger charge is 2.46. The normalized spacial score (nSPS) is 48.1. The van der Waals surface area contributed by atoms with E-state index in [1.807, 2.05) is 0 Å². The third-order valence-electron chi connectivity index (χ3n) is 3.09. The molecule has 0 amide bonds. The number of rotatable bonds is 1. The molecule has 2 aliphatic rings. The Morgan fingerprint density at radius 1 is 1.36 bits per heavy atom. The van der Waals surface area contributed by atoms with Crippen LogP contribution in [-0.2, 0) is 4.79 Å². The summed E-state index contributed by atoms with van der Waals surface area (Å²) in [6.07, 6.45) is 3.48. The maximum Gasteiger partial charge on any atom is 0.0458 e. The Balaban J connectivity index is 2.17. The lowest BCUT2D eigenvalue weighted by Gasteiger charge is -2.27. The molecular weight excluding hydrogens is 255 g/mol. The van der Waals surface area contributed by atoms with Gasteiger partial charge >= 0.3 is 0 Å². The smallest absolute Gasteiger partial charge is 0.0458 e. The van der Waals surface area contributed by atoms with Crippen LogP contribution in [-0.4, -0.2) is 9.89 Å². The molecule has 0 aliphatic heterocycles. The highest BCUT2D eigenvalue weighted by atomic mass is 127. The Labute approximate surface area is 79.5 Å². The fourth-order valence-corrected chi connectivity index (χ4v) is 4.08. The van der Waals surface area contributed by atoms with E-state index in [9.17, 15) is 9.90 Å². The van der Waals surface area contributed by atoms with Crippen LogP contribution >= 0.6 is 22.6 Å². The van der Waals surface area contributed by atoms with Gasteiger partial charge in [0, 0.05) is 15.8 Å². The summed E-state index contributed by atoms with van der Waals surface area (Å²) in [5, 5.41) is 10.7. The standard InChI is InChI=1S/C8H11IO2/c9-7-5-2-1-4(3-5)6(7)8(10)11/h4-7H,1-3H2,(H,10,11)/p-1. The van der Waals surface area contributed by atoms with E-state index in [0.717, 1.165) is 12.8 Å². The lowest BCUT2D eigenvalue weighted by Crippen LogP contribution is -2.39. The third-order valence-corrected chi connectivity index (χ3v) is 4.88. The molecule has 0 saturated heterocycles. The molecule has 2 rings (SSSR count). The molecule has 0 aromatic rings. The van der Waals surface area contributed by atoms with Gasteiger partial charge in [-0.15, -0.1) is 0 Å². The molecule has 2 fully saturated rings. The molecule has 0 radical (unpaired) electrons. The quantitative estimate of drug-likeness (QED) is 0.514. The van der Waals surface area contributed by atoms with Crippen LogP contribution in [0.1, 0.15) is 19.3 Å². The Hall–Kier alpha value is 0.200. The minimum Gasteiger partial charge on any atom is -0.550 e. The summed E-state index contributed by atoms with van der Waals surface area (Å²) in [5.41, 5.74) is 0. The summed E-state index contributed by atoms with van der Waals surface area (Å²) in [7, 11) is 0. The third kappa shape index (κ3) is 1.08. The molecule has 62 valence electrons. The minimum absolute atomic E-state index is 0.144. The van der Waals surface area contributed by atoms with E-state index < -0.39 is 5.97 Å². The fourth-order valence-electron chi connectivity index (χ4n) is 2.54. The van der Waals surface area contributed by atoms with E-state index >= 15 is 0 Å². The van der Waals surface area contributed by atoms with Crippen molar-refractivity contribution in [3.8, 4) is 0 Å². The fraction of sp³-hybridized carbons (Fsp3) is 0.875. The van der Waals surface area contributed by atoms with Gasteiger partial charge in [-0.25, -0.2) is 0 Å². The van der Waals surface area contributed by atoms with E-state index in [-0.39, 0.29) is 5.92 Å². The van der Waals surface area contributed by atoms with Gasteiger partial charge in [0.15, 0.2) is 0 Å². The van der Waals surface area contributed by atoms with Crippen molar-refractivity contribution in [1.29, 1.82) is 0 Å². The number of fused-ring (bicyclic) bond motifs is 2. The summed E-state index contributed by atoms with van der Waals surface area (Å²) in [5.74, 6) is 0.140. The van der Waals surface area contributed by atoms with Crippen LogP contribution in [0.25, 0.3) is 0 Å². The Kier molecular flexibility index (Phi) is 1.85. The maximum atomic E-state index is 10.7. The molecule has 2 aliphatic carbocycles. The molecule has 11 heavy (non-hydrogen) atoms. The summed E-state index contributed by atoms with van der Waals surface area (Å²) < 4.78 is 0.344. The number of alkyl halides is 1. The van der Waals surface area contributed by atoms with Gasteiger partial charge < -0.3 is 9.90 Å². The van der Waals surface area contributed by atoms with Gasteiger partial charge in [0.25, 0.3) is 0 Å². The van der Waals surface area contributed by atoms with Crippen LogP contribution in [0.2, 0.25) is 0 Å². The predicted octanol–water partition coefficient (Wildman–Crippen LogP) is 0.586. The van der Waals surface area contributed by atoms with E-state index in [4.69, 9.17) is 0 Å². The van der Waals surface area contributed by atoms with Gasteiger partial charge in [-0.05, 0) is 31.1 Å². The number of carbonyl (C=O) groups is 1. The zero-order chi connectivity index (χ0) is 8.01. The number of halogens is 1. The van der Waals surface area contributed by atoms with Gasteiger partial charge in [-0.3, -0.25) is 0 Å². The number of carbonyl (C=O) groups excluding carboxylic acids is 1. The number of aliphatic carboxylic acids is 1. The lowest BCUT2D eigenvalue weighted by molar-refractivity contribution is -0.312. The largest absolute Gasteiger partial charge is 0.550 e. The topological polar surface area (TPSA) is 40.1 Å². The summed E-state index contributed by atoms with van der Waals surface area (Å²) in [4.78, 5) is 10.7. The van der Waals surface area contributed by atoms with E-state index in [1.165, 1.54) is 6.42 Å². The predicted molar refractivity (Wildman–Crippen MR) is 47.1 cm³/mol. The molecule has 0 aromatic heterocycles. The Morgan fingerprint density at radius 3 is 2.36 bits per heavy atom. The summed E-state index contributed by atoms with van der Waals surface area (Å²) in [6, 6.07) is 0. The van der Waals surface area contributed by atoms with Crippen molar-refractivity contribution in [3.05, 3.63) is 0 Å². The van der Waals surface area contributed by atoms with E-state index in [0.29, 0.717) is 15.8 Å². The number of carboxylic acids is 1. The first-order valence-corrected chi connectivity index (χ1v) is 5.29. The number of hydrogen-bond acceptors (Lipinski definition) is 2. The molecular formula is C8H10IO2-. The molecule has 0 N–H and O–H groups in total. The molecule has 4 atom stereocenters. The molecule has 2 nitrogen and oxygen atoms in total. The second-order valence-electron chi connectivity index (χ2n) is 3.62. The molecule has 3 heteroatoms. The first-order valence-electron chi connectivity index (χ1n) is 4.05. The van der Waals surface area contributed by atoms with Crippen LogP contribution in [0.15, 0.2) is 0 Å². The van der Waals surface area contributed by atoms with E-state index in [1.54, 1.807) is 0 Å². The molecule has 2 bridgehead atoms. The number of hydrogen-bond donors (Lipinski definition) is 0. The minimum atomic E-state index is -0.823. The summed E-state index contributed by atoms with van der Waals surface area (Å²) in [6.45, 7) is 0. The first kappa shape index (κ1) is 7.83. The second kappa shape index (κ2) is 2.61. The first-order chi connectivity index (χ1) is 5.20. The molecule has 4 unspecified atom stereocenters. The molecule has 0 aromatic carbocycles. The van der Waals surface area contributed by atoms with Crippen LogP contribution in [0, 0.1) is 17.8 Å². The van der Waals surface area contributed by atoms with Crippen molar-refractivity contribution in [2.75, 3.05) is 0 Å². The highest BCUT2D eigenvalue weighted by molar-refractivity contribution is 14.1. The zero-order valence-corrected chi connectivity index (χ0v) is 8.28. The monoisotopic (exact) mass is 265 g/mol. The van der Waals surface area contributed by atoms with Crippen molar-refractivity contribution in [1.82, 2.24) is 0 Å². The van der Waals surface area contributed by atoms with Gasteiger partial charge in [0.2, 0.25) is 0 Å². The Morgan fingerprint density at radius 2 is 2.00 bits per heavy atom. The molecule has 0 spiro atoms. The van der Waals surface area contributed by atoms with Crippen molar-refractivity contribution in [2.24, 2.45) is 17.8 Å². The van der Waals surface area contributed by atoms with E-state index in [2.05, 4.69) is 22.6 Å². The van der Waals surface area contributed by atoms with Crippen LogP contribution in [0.3, 0.4) is 0 Å². The number of carboxylic acid groups (broad SMARTS) is 1. The highest BCUT2D eigenvalue weighted by Crippen LogP contribution is 2.51.